The van der Waals surface area contributed by atoms with E-state index in [1.807, 2.05) is 0 Å². The van der Waals surface area contributed by atoms with Gasteiger partial charge in [0.25, 0.3) is 5.69 Å². The average Bonchev–Trinajstić information content (AvgIpc) is 2.07. The highest BCUT2D eigenvalue weighted by Gasteiger charge is 2.14. The number of nitro groups is 1. The van der Waals surface area contributed by atoms with Crippen molar-refractivity contribution >= 4 is 12.0 Å². The summed E-state index contributed by atoms with van der Waals surface area (Å²) in [4.78, 5) is 19.9. The van der Waals surface area contributed by atoms with Crippen LogP contribution in [0.15, 0.2) is 12.1 Å². The Labute approximate surface area is 73.1 Å². The summed E-state index contributed by atoms with van der Waals surface area (Å²) in [6.07, 6.45) is 0.325. The Bertz CT molecular complexity index is 376. The number of hydrogen-bond acceptors (Lipinski definition) is 3. The molecule has 0 atom stereocenters. The lowest BCUT2D eigenvalue weighted by Gasteiger charge is -1.98. The second kappa shape index (κ2) is 3.30. The van der Waals surface area contributed by atoms with E-state index >= 15 is 0 Å². The fourth-order valence-electron chi connectivity index (χ4n) is 0.980. The molecule has 1 aromatic carbocycles. The fraction of sp³-hybridized carbons (Fsp3) is 0.125. The van der Waals surface area contributed by atoms with Gasteiger partial charge in [0.2, 0.25) is 0 Å². The first-order valence-electron chi connectivity index (χ1n) is 3.46. The van der Waals surface area contributed by atoms with Crippen LogP contribution in [0.3, 0.4) is 0 Å². The minimum Gasteiger partial charge on any atom is -0.298 e. The van der Waals surface area contributed by atoms with Gasteiger partial charge in [0.05, 0.1) is 16.6 Å². The highest BCUT2D eigenvalue weighted by Crippen LogP contribution is 2.20. The maximum atomic E-state index is 12.9. The topological polar surface area (TPSA) is 60.2 Å². The second-order valence-corrected chi connectivity index (χ2v) is 2.54. The first-order chi connectivity index (χ1) is 6.06. The Hall–Kier alpha value is -1.78. The van der Waals surface area contributed by atoms with E-state index in [2.05, 4.69) is 0 Å². The van der Waals surface area contributed by atoms with E-state index in [1.54, 1.807) is 0 Å². The molecule has 1 aromatic rings. The lowest BCUT2D eigenvalue weighted by Crippen LogP contribution is -1.96. The van der Waals surface area contributed by atoms with Crippen molar-refractivity contribution in [1.82, 2.24) is 0 Å². The van der Waals surface area contributed by atoms with Crippen LogP contribution in [0.5, 0.6) is 0 Å². The quantitative estimate of drug-likeness (QED) is 0.399. The number of carbonyl (C=O) groups excluding carboxylic acids is 1. The van der Waals surface area contributed by atoms with Gasteiger partial charge in [0.1, 0.15) is 5.82 Å². The predicted molar refractivity (Wildman–Crippen MR) is 43.2 cm³/mol. The number of aldehydes is 1. The van der Waals surface area contributed by atoms with Gasteiger partial charge < -0.3 is 0 Å². The van der Waals surface area contributed by atoms with E-state index < -0.39 is 10.7 Å². The van der Waals surface area contributed by atoms with Crippen LogP contribution in [-0.2, 0) is 0 Å². The molecule has 0 saturated heterocycles. The molecule has 0 aromatic heterocycles. The van der Waals surface area contributed by atoms with E-state index in [1.165, 1.54) is 6.92 Å². The maximum absolute atomic E-state index is 12.9. The van der Waals surface area contributed by atoms with Gasteiger partial charge in [-0.15, -0.1) is 0 Å². The van der Waals surface area contributed by atoms with Crippen LogP contribution in [0.25, 0.3) is 0 Å². The molecule has 0 aliphatic carbocycles. The number of halogens is 1. The Kier molecular flexibility index (Phi) is 2.36. The molecule has 0 bridgehead atoms. The number of hydrogen-bond donors (Lipinski definition) is 0. The van der Waals surface area contributed by atoms with Gasteiger partial charge in [-0.3, -0.25) is 14.9 Å². The SMILES string of the molecule is Cc1cc(C=O)c(F)cc1[N+](=O)[O-]. The molecule has 0 heterocycles. The summed E-state index contributed by atoms with van der Waals surface area (Å²) in [7, 11) is 0. The van der Waals surface area contributed by atoms with Crippen molar-refractivity contribution in [3.63, 3.8) is 0 Å². The third-order valence-electron chi connectivity index (χ3n) is 1.64. The highest BCUT2D eigenvalue weighted by atomic mass is 19.1. The standard InChI is InChI=1S/C8H6FNO3/c1-5-2-6(4-11)7(9)3-8(5)10(12)13/h2-4H,1H3. The summed E-state index contributed by atoms with van der Waals surface area (Å²) in [6.45, 7) is 1.45. The van der Waals surface area contributed by atoms with Crippen LogP contribution in [0.1, 0.15) is 15.9 Å². The maximum Gasteiger partial charge on any atom is 0.275 e. The summed E-state index contributed by atoms with van der Waals surface area (Å²) >= 11 is 0. The summed E-state index contributed by atoms with van der Waals surface area (Å²) in [5.74, 6) is -0.868. The normalized spacial score (nSPS) is 9.69. The molecule has 0 spiro atoms. The highest BCUT2D eigenvalue weighted by molar-refractivity contribution is 5.76. The number of rotatable bonds is 2. The zero-order valence-corrected chi connectivity index (χ0v) is 6.78. The molecular weight excluding hydrogens is 177 g/mol. The molecule has 0 fully saturated rings. The molecule has 0 saturated carbocycles. The van der Waals surface area contributed by atoms with E-state index in [9.17, 15) is 19.3 Å². The molecule has 0 aliphatic rings. The van der Waals surface area contributed by atoms with Crippen molar-refractivity contribution in [1.29, 1.82) is 0 Å². The smallest absolute Gasteiger partial charge is 0.275 e. The van der Waals surface area contributed by atoms with Crippen LogP contribution in [0.4, 0.5) is 10.1 Å². The van der Waals surface area contributed by atoms with E-state index in [-0.39, 0.29) is 16.8 Å². The van der Waals surface area contributed by atoms with Gasteiger partial charge in [-0.1, -0.05) is 0 Å². The zero-order chi connectivity index (χ0) is 10.0. The van der Waals surface area contributed by atoms with Gasteiger partial charge in [0.15, 0.2) is 6.29 Å². The van der Waals surface area contributed by atoms with Crippen LogP contribution in [-0.4, -0.2) is 11.2 Å². The first-order valence-corrected chi connectivity index (χ1v) is 3.46. The average molecular weight is 183 g/mol. The third-order valence-corrected chi connectivity index (χ3v) is 1.64. The van der Waals surface area contributed by atoms with Gasteiger partial charge in [-0.05, 0) is 13.0 Å². The monoisotopic (exact) mass is 183 g/mol. The predicted octanol–water partition coefficient (Wildman–Crippen LogP) is 1.85. The molecule has 0 N–H and O–H groups in total. The molecule has 68 valence electrons. The number of nitrogens with zero attached hydrogens (tertiary/aromatic N) is 1. The summed E-state index contributed by atoms with van der Waals surface area (Å²) in [6, 6.07) is 1.90. The largest absolute Gasteiger partial charge is 0.298 e. The number of aryl methyl sites for hydroxylation is 1. The minimum absolute atomic E-state index is 0.164. The van der Waals surface area contributed by atoms with Crippen molar-refractivity contribution in [2.24, 2.45) is 0 Å². The van der Waals surface area contributed by atoms with Crippen LogP contribution in [0.2, 0.25) is 0 Å². The Balaban J connectivity index is 3.36. The van der Waals surface area contributed by atoms with Gasteiger partial charge in [0, 0.05) is 5.56 Å². The van der Waals surface area contributed by atoms with Crippen molar-refractivity contribution < 1.29 is 14.1 Å². The number of nitro benzene ring substituents is 1. The first kappa shape index (κ1) is 9.31. The molecule has 0 radical (unpaired) electrons. The van der Waals surface area contributed by atoms with Crippen LogP contribution < -0.4 is 0 Å². The van der Waals surface area contributed by atoms with Crippen molar-refractivity contribution in [3.05, 3.63) is 39.2 Å². The number of carbonyl (C=O) groups is 1. The third kappa shape index (κ3) is 1.69. The zero-order valence-electron chi connectivity index (χ0n) is 6.78. The number of benzene rings is 1. The molecule has 5 heteroatoms. The van der Waals surface area contributed by atoms with Crippen LogP contribution >= 0.6 is 0 Å². The van der Waals surface area contributed by atoms with Crippen molar-refractivity contribution in [2.75, 3.05) is 0 Å². The minimum atomic E-state index is -0.868. The van der Waals surface area contributed by atoms with Gasteiger partial charge >= 0.3 is 0 Å². The summed E-state index contributed by atoms with van der Waals surface area (Å²) in [5, 5.41) is 10.3. The van der Waals surface area contributed by atoms with Gasteiger partial charge in [-0.2, -0.15) is 0 Å². The van der Waals surface area contributed by atoms with Crippen molar-refractivity contribution in [3.8, 4) is 0 Å². The fourth-order valence-corrected chi connectivity index (χ4v) is 0.980. The molecule has 1 rings (SSSR count). The lowest BCUT2D eigenvalue weighted by molar-refractivity contribution is -0.385. The van der Waals surface area contributed by atoms with E-state index in [0.717, 1.165) is 12.1 Å². The van der Waals surface area contributed by atoms with Crippen LogP contribution in [0, 0.1) is 22.9 Å². The molecule has 4 nitrogen and oxygen atoms in total. The molecular formula is C8H6FNO3. The Morgan fingerprint density at radius 3 is 2.62 bits per heavy atom. The van der Waals surface area contributed by atoms with Crippen molar-refractivity contribution in [2.45, 2.75) is 6.92 Å². The molecule has 13 heavy (non-hydrogen) atoms. The lowest BCUT2D eigenvalue weighted by atomic mass is 10.1. The van der Waals surface area contributed by atoms with Gasteiger partial charge in [-0.25, -0.2) is 4.39 Å². The molecule has 0 amide bonds. The molecule has 0 aliphatic heterocycles. The summed E-state index contributed by atoms with van der Waals surface area (Å²) < 4.78 is 12.9. The summed E-state index contributed by atoms with van der Waals surface area (Å²) in [5.41, 5.74) is -0.209. The van der Waals surface area contributed by atoms with E-state index in [4.69, 9.17) is 0 Å². The Morgan fingerprint density at radius 2 is 2.15 bits per heavy atom. The Morgan fingerprint density at radius 1 is 1.54 bits per heavy atom. The second-order valence-electron chi connectivity index (χ2n) is 2.54. The van der Waals surface area contributed by atoms with E-state index in [0.29, 0.717) is 6.29 Å². The molecule has 0 unspecified atom stereocenters.